The third-order valence-electron chi connectivity index (χ3n) is 4.65. The molecule has 3 heterocycles. The quantitative estimate of drug-likeness (QED) is 0.918. The van der Waals surface area contributed by atoms with Crippen molar-refractivity contribution in [2.75, 3.05) is 31.1 Å². The van der Waals surface area contributed by atoms with Crippen LogP contribution in [0, 0.1) is 0 Å². The molecule has 1 aromatic rings. The Morgan fingerprint density at radius 1 is 1.25 bits per heavy atom. The van der Waals surface area contributed by atoms with Crippen molar-refractivity contribution in [3.05, 3.63) is 23.9 Å². The molecule has 0 spiro atoms. The van der Waals surface area contributed by atoms with Crippen LogP contribution >= 0.6 is 0 Å². The van der Waals surface area contributed by atoms with Crippen molar-refractivity contribution in [1.82, 2.24) is 9.88 Å². The minimum absolute atomic E-state index is 0.419. The number of aliphatic hydroxyl groups is 1. The van der Waals surface area contributed by atoms with Gasteiger partial charge in [-0.15, -0.1) is 0 Å². The second-order valence-electron chi connectivity index (χ2n) is 6.11. The number of likely N-dealkylation sites (tertiary alicyclic amines) is 1. The fraction of sp³-hybridized carbons (Fsp3) is 0.688. The molecule has 4 nitrogen and oxygen atoms in total. The van der Waals surface area contributed by atoms with Crippen LogP contribution in [0.3, 0.4) is 0 Å². The lowest BCUT2D eigenvalue weighted by molar-refractivity contribution is 0.174. The number of pyridine rings is 1. The van der Waals surface area contributed by atoms with Crippen LogP contribution in [0.25, 0.3) is 0 Å². The molecule has 2 aliphatic heterocycles. The highest BCUT2D eigenvalue weighted by atomic mass is 16.3. The molecule has 0 radical (unpaired) electrons. The van der Waals surface area contributed by atoms with Gasteiger partial charge in [0.25, 0.3) is 0 Å². The third-order valence-corrected chi connectivity index (χ3v) is 4.65. The number of hydrogen-bond donors (Lipinski definition) is 1. The maximum Gasteiger partial charge on any atom is 0.128 e. The molecule has 0 bridgehead atoms. The maximum absolute atomic E-state index is 9.69. The average Bonchev–Trinajstić information content (AvgIpc) is 2.98. The van der Waals surface area contributed by atoms with Crippen LogP contribution in [-0.4, -0.2) is 47.2 Å². The number of aliphatic hydroxyl groups excluding tert-OH is 1. The molecule has 2 atom stereocenters. The van der Waals surface area contributed by atoms with Gasteiger partial charge < -0.3 is 10.0 Å². The van der Waals surface area contributed by atoms with Crippen LogP contribution in [0.2, 0.25) is 0 Å². The minimum Gasteiger partial charge on any atom is -0.389 e. The maximum atomic E-state index is 9.69. The normalized spacial score (nSPS) is 25.9. The highest BCUT2D eigenvalue weighted by Gasteiger charge is 2.29. The van der Waals surface area contributed by atoms with Gasteiger partial charge in [-0.2, -0.15) is 0 Å². The predicted octanol–water partition coefficient (Wildman–Crippen LogP) is 2.20. The van der Waals surface area contributed by atoms with E-state index in [0.717, 1.165) is 24.5 Å². The lowest BCUT2D eigenvalue weighted by atomic mass is 10.1. The molecular weight excluding hydrogens is 250 g/mol. The Hall–Kier alpha value is -1.13. The van der Waals surface area contributed by atoms with Gasteiger partial charge >= 0.3 is 0 Å². The van der Waals surface area contributed by atoms with Gasteiger partial charge in [0, 0.05) is 25.3 Å². The number of rotatable bonds is 3. The van der Waals surface area contributed by atoms with Gasteiger partial charge in [-0.3, -0.25) is 4.90 Å². The van der Waals surface area contributed by atoms with Crippen LogP contribution in [0.15, 0.2) is 18.3 Å². The summed E-state index contributed by atoms with van der Waals surface area (Å²) in [6.45, 7) is 6.49. The number of aromatic nitrogens is 1. The zero-order chi connectivity index (χ0) is 13.9. The molecule has 2 unspecified atom stereocenters. The highest BCUT2D eigenvalue weighted by Crippen LogP contribution is 2.25. The molecule has 3 rings (SSSR count). The van der Waals surface area contributed by atoms with E-state index in [1.807, 2.05) is 18.3 Å². The van der Waals surface area contributed by atoms with Crippen LogP contribution in [0.1, 0.15) is 44.3 Å². The summed E-state index contributed by atoms with van der Waals surface area (Å²) in [6, 6.07) is 4.61. The molecule has 1 aromatic heterocycles. The Kier molecular flexibility index (Phi) is 4.22. The summed E-state index contributed by atoms with van der Waals surface area (Å²) in [5.74, 6) is 1.02. The molecule has 0 aliphatic carbocycles. The zero-order valence-electron chi connectivity index (χ0n) is 12.3. The Morgan fingerprint density at radius 2 is 2.05 bits per heavy atom. The second-order valence-corrected chi connectivity index (χ2v) is 6.11. The van der Waals surface area contributed by atoms with Crippen molar-refractivity contribution in [1.29, 1.82) is 0 Å². The van der Waals surface area contributed by atoms with E-state index in [0.29, 0.717) is 6.04 Å². The predicted molar refractivity (Wildman–Crippen MR) is 80.9 cm³/mol. The first-order chi connectivity index (χ1) is 9.74. The Bertz CT molecular complexity index is 443. The largest absolute Gasteiger partial charge is 0.389 e. The smallest absolute Gasteiger partial charge is 0.128 e. The minimum atomic E-state index is -0.419. The molecule has 0 aromatic carbocycles. The Balaban J connectivity index is 1.65. The van der Waals surface area contributed by atoms with Crippen LogP contribution in [0.4, 0.5) is 5.82 Å². The summed E-state index contributed by atoms with van der Waals surface area (Å²) in [4.78, 5) is 9.50. The molecule has 1 N–H and O–H groups in total. The van der Waals surface area contributed by atoms with E-state index in [2.05, 4.69) is 14.8 Å². The first kappa shape index (κ1) is 13.8. The van der Waals surface area contributed by atoms with Crippen molar-refractivity contribution < 1.29 is 5.11 Å². The van der Waals surface area contributed by atoms with Crippen LogP contribution in [-0.2, 0) is 0 Å². The van der Waals surface area contributed by atoms with E-state index in [-0.39, 0.29) is 0 Å². The average molecular weight is 275 g/mol. The zero-order valence-corrected chi connectivity index (χ0v) is 12.3. The summed E-state index contributed by atoms with van der Waals surface area (Å²) in [7, 11) is 0. The van der Waals surface area contributed by atoms with E-state index in [9.17, 15) is 5.11 Å². The first-order valence-electron chi connectivity index (χ1n) is 7.87. The number of anilines is 1. The summed E-state index contributed by atoms with van der Waals surface area (Å²) in [5, 5.41) is 9.69. The molecule has 2 fully saturated rings. The fourth-order valence-electron chi connectivity index (χ4n) is 3.40. The topological polar surface area (TPSA) is 39.6 Å². The summed E-state index contributed by atoms with van der Waals surface area (Å²) in [5.41, 5.74) is 0.955. The van der Waals surface area contributed by atoms with Crippen LogP contribution in [0.5, 0.6) is 0 Å². The lowest BCUT2D eigenvalue weighted by Gasteiger charge is -2.32. The van der Waals surface area contributed by atoms with Gasteiger partial charge in [0.15, 0.2) is 0 Å². The number of nitrogens with zero attached hydrogens (tertiary/aromatic N) is 3. The number of piperidine rings is 1. The van der Waals surface area contributed by atoms with Crippen molar-refractivity contribution in [2.45, 2.75) is 44.8 Å². The third kappa shape index (κ3) is 2.96. The Morgan fingerprint density at radius 3 is 2.80 bits per heavy atom. The van der Waals surface area contributed by atoms with Crippen LogP contribution < -0.4 is 4.90 Å². The van der Waals surface area contributed by atoms with E-state index in [1.165, 1.54) is 38.8 Å². The second kappa shape index (κ2) is 6.10. The van der Waals surface area contributed by atoms with Crippen molar-refractivity contribution in [3.8, 4) is 0 Å². The van der Waals surface area contributed by atoms with E-state index in [4.69, 9.17) is 0 Å². The molecular formula is C16H25N3O. The fourth-order valence-corrected chi connectivity index (χ4v) is 3.40. The first-order valence-corrected chi connectivity index (χ1v) is 7.87. The van der Waals surface area contributed by atoms with E-state index in [1.54, 1.807) is 6.92 Å². The number of hydrogen-bond acceptors (Lipinski definition) is 4. The van der Waals surface area contributed by atoms with E-state index >= 15 is 0 Å². The van der Waals surface area contributed by atoms with Gasteiger partial charge in [0.1, 0.15) is 5.82 Å². The monoisotopic (exact) mass is 275 g/mol. The molecule has 4 heteroatoms. The van der Waals surface area contributed by atoms with Gasteiger partial charge in [-0.1, -0.05) is 6.42 Å². The van der Waals surface area contributed by atoms with Crippen molar-refractivity contribution in [3.63, 3.8) is 0 Å². The molecule has 110 valence electrons. The molecule has 0 saturated carbocycles. The van der Waals surface area contributed by atoms with E-state index < -0.39 is 6.10 Å². The van der Waals surface area contributed by atoms with Gasteiger partial charge in [-0.05, 0) is 57.0 Å². The SMILES string of the molecule is CC(O)c1ccnc(N2CCC(N3CCCCC3)C2)c1. The molecule has 0 amide bonds. The molecule has 20 heavy (non-hydrogen) atoms. The molecule has 2 aliphatic rings. The Labute approximate surface area is 121 Å². The van der Waals surface area contributed by atoms with Crippen molar-refractivity contribution >= 4 is 5.82 Å². The summed E-state index contributed by atoms with van der Waals surface area (Å²) in [6.07, 6.45) is 6.73. The van der Waals surface area contributed by atoms with Crippen molar-refractivity contribution in [2.24, 2.45) is 0 Å². The van der Waals surface area contributed by atoms with Gasteiger partial charge in [0.2, 0.25) is 0 Å². The van der Waals surface area contributed by atoms with Gasteiger partial charge in [-0.25, -0.2) is 4.98 Å². The lowest BCUT2D eigenvalue weighted by Crippen LogP contribution is -2.40. The highest BCUT2D eigenvalue weighted by molar-refractivity contribution is 5.43. The summed E-state index contributed by atoms with van der Waals surface area (Å²) < 4.78 is 0. The molecule has 2 saturated heterocycles. The summed E-state index contributed by atoms with van der Waals surface area (Å²) >= 11 is 0. The standard InChI is InChI=1S/C16H25N3O/c1-13(20)14-5-7-17-16(11-14)19-10-6-15(12-19)18-8-3-2-4-9-18/h5,7,11,13,15,20H,2-4,6,8-10,12H2,1H3. The van der Waals surface area contributed by atoms with Gasteiger partial charge in [0.05, 0.1) is 6.10 Å².